The van der Waals surface area contributed by atoms with E-state index in [0.29, 0.717) is 0 Å². The minimum absolute atomic E-state index is 0.194. The molecule has 0 saturated carbocycles. The van der Waals surface area contributed by atoms with Crippen molar-refractivity contribution < 1.29 is 19.8 Å². The van der Waals surface area contributed by atoms with Gasteiger partial charge in [0.25, 0.3) is 5.72 Å². The van der Waals surface area contributed by atoms with E-state index in [4.69, 9.17) is 0 Å². The fourth-order valence-electron chi connectivity index (χ4n) is 2.22. The minimum atomic E-state index is -2.31. The minimum Gasteiger partial charge on any atom is -0.363 e. The molecule has 3 rings (SSSR count). The van der Waals surface area contributed by atoms with Crippen molar-refractivity contribution >= 4 is 11.8 Å². The molecule has 82 valence electrons. The molecule has 0 aromatic heterocycles. The zero-order chi connectivity index (χ0) is 11.6. The molecule has 1 heterocycles. The van der Waals surface area contributed by atoms with Crippen LogP contribution in [-0.4, -0.2) is 27.8 Å². The van der Waals surface area contributed by atoms with Gasteiger partial charge in [0.05, 0.1) is 0 Å². The molecular formula is C10H8N2O4. The summed E-state index contributed by atoms with van der Waals surface area (Å²) < 4.78 is 0. The van der Waals surface area contributed by atoms with Gasteiger partial charge in [0, 0.05) is 11.1 Å². The second-order valence-corrected chi connectivity index (χ2v) is 3.87. The Labute approximate surface area is 89.9 Å². The lowest BCUT2D eigenvalue weighted by Gasteiger charge is -2.27. The van der Waals surface area contributed by atoms with Gasteiger partial charge < -0.3 is 15.5 Å². The number of Topliss-reactive ketones (excluding diaryl/α,β-unsaturated/α-hetero) is 1. The number of rotatable bonds is 0. The van der Waals surface area contributed by atoms with Gasteiger partial charge in [0.1, 0.15) is 0 Å². The summed E-state index contributed by atoms with van der Waals surface area (Å²) in [7, 11) is 0. The second kappa shape index (κ2) is 2.42. The number of nitrogens with one attached hydrogen (secondary N) is 2. The smallest absolute Gasteiger partial charge is 0.320 e. The SMILES string of the molecule is O=C1N[C@@]2(O)C(=O)c3ccccc3[C@@]2(O)N1. The maximum atomic E-state index is 11.9. The Morgan fingerprint density at radius 2 is 1.62 bits per heavy atom. The van der Waals surface area contributed by atoms with E-state index in [2.05, 4.69) is 5.32 Å². The molecule has 1 saturated heterocycles. The summed E-state index contributed by atoms with van der Waals surface area (Å²) in [6.45, 7) is 0. The quantitative estimate of drug-likeness (QED) is 0.452. The van der Waals surface area contributed by atoms with Crippen LogP contribution in [0.4, 0.5) is 4.79 Å². The Morgan fingerprint density at radius 3 is 2.38 bits per heavy atom. The van der Waals surface area contributed by atoms with Gasteiger partial charge in [-0.05, 0) is 0 Å². The van der Waals surface area contributed by atoms with Crippen LogP contribution < -0.4 is 10.6 Å². The molecule has 6 nitrogen and oxygen atoms in total. The van der Waals surface area contributed by atoms with Gasteiger partial charge in [-0.25, -0.2) is 4.79 Å². The zero-order valence-electron chi connectivity index (χ0n) is 8.02. The topological polar surface area (TPSA) is 98.7 Å². The summed E-state index contributed by atoms with van der Waals surface area (Å²) in [5.74, 6) is -0.719. The lowest BCUT2D eigenvalue weighted by molar-refractivity contribution is -0.122. The lowest BCUT2D eigenvalue weighted by Crippen LogP contribution is -2.58. The maximum absolute atomic E-state index is 11.9. The van der Waals surface area contributed by atoms with Crippen molar-refractivity contribution in [2.24, 2.45) is 0 Å². The largest absolute Gasteiger partial charge is 0.363 e. The van der Waals surface area contributed by atoms with E-state index < -0.39 is 23.3 Å². The number of benzene rings is 1. The number of fused-ring (bicyclic) bond motifs is 3. The van der Waals surface area contributed by atoms with Crippen LogP contribution in [0.15, 0.2) is 24.3 Å². The van der Waals surface area contributed by atoms with Gasteiger partial charge in [-0.3, -0.25) is 10.1 Å². The number of hydrogen-bond donors (Lipinski definition) is 4. The Bertz CT molecular complexity index is 529. The molecule has 2 aliphatic rings. The molecule has 2 amide bonds. The first kappa shape index (κ1) is 9.32. The van der Waals surface area contributed by atoms with E-state index in [-0.39, 0.29) is 11.1 Å². The summed E-state index contributed by atoms with van der Waals surface area (Å²) in [6.07, 6.45) is 0. The predicted octanol–water partition coefficient (Wildman–Crippen LogP) is -0.971. The molecule has 1 aliphatic carbocycles. The maximum Gasteiger partial charge on any atom is 0.320 e. The third kappa shape index (κ3) is 0.763. The first-order chi connectivity index (χ1) is 7.49. The standard InChI is InChI=1S/C10H8N2O4/c13-7-5-3-1-2-4-6(5)9(15)10(7,16)12-8(14)11-9/h1-4,15-16H,(H2,11,12,14)/t9-,10+/m0/s1. The first-order valence-electron chi connectivity index (χ1n) is 4.68. The first-order valence-corrected chi connectivity index (χ1v) is 4.68. The van der Waals surface area contributed by atoms with E-state index in [1.54, 1.807) is 12.1 Å². The molecule has 0 bridgehead atoms. The average Bonchev–Trinajstić information content (AvgIpc) is 2.57. The van der Waals surface area contributed by atoms with E-state index in [1.165, 1.54) is 12.1 Å². The average molecular weight is 220 g/mol. The molecule has 1 aliphatic heterocycles. The molecule has 0 spiro atoms. The molecule has 6 heteroatoms. The summed E-state index contributed by atoms with van der Waals surface area (Å²) in [6, 6.07) is 5.41. The number of hydrogen-bond acceptors (Lipinski definition) is 4. The number of ketones is 1. The van der Waals surface area contributed by atoms with Gasteiger partial charge in [-0.15, -0.1) is 0 Å². The van der Waals surface area contributed by atoms with Crippen LogP contribution in [0.3, 0.4) is 0 Å². The molecule has 1 aromatic rings. The van der Waals surface area contributed by atoms with Crippen LogP contribution in [0, 0.1) is 0 Å². The summed E-state index contributed by atoms with van der Waals surface area (Å²) in [5.41, 5.74) is -4.01. The lowest BCUT2D eigenvalue weighted by atomic mass is 10.0. The van der Waals surface area contributed by atoms with Gasteiger partial charge in [0.2, 0.25) is 11.5 Å². The highest BCUT2D eigenvalue weighted by molar-refractivity contribution is 6.11. The number of aliphatic hydroxyl groups is 2. The van der Waals surface area contributed by atoms with Crippen molar-refractivity contribution in [2.45, 2.75) is 11.4 Å². The summed E-state index contributed by atoms with van der Waals surface area (Å²) >= 11 is 0. The van der Waals surface area contributed by atoms with Crippen molar-refractivity contribution in [3.63, 3.8) is 0 Å². The Hall–Kier alpha value is -1.92. The van der Waals surface area contributed by atoms with E-state index in [1.807, 2.05) is 5.32 Å². The van der Waals surface area contributed by atoms with Crippen LogP contribution in [0.1, 0.15) is 15.9 Å². The van der Waals surface area contributed by atoms with Crippen LogP contribution >= 0.6 is 0 Å². The highest BCUT2D eigenvalue weighted by Gasteiger charge is 2.68. The molecule has 4 N–H and O–H groups in total. The third-order valence-electron chi connectivity index (χ3n) is 3.00. The highest BCUT2D eigenvalue weighted by atomic mass is 16.4. The van der Waals surface area contributed by atoms with Crippen molar-refractivity contribution in [2.75, 3.05) is 0 Å². The van der Waals surface area contributed by atoms with Crippen LogP contribution in [-0.2, 0) is 5.72 Å². The fraction of sp³-hybridized carbons (Fsp3) is 0.200. The van der Waals surface area contributed by atoms with Crippen molar-refractivity contribution in [1.82, 2.24) is 10.6 Å². The molecule has 1 fully saturated rings. The predicted molar refractivity (Wildman–Crippen MR) is 51.3 cm³/mol. The molecule has 1 aromatic carbocycles. The Kier molecular flexibility index (Phi) is 1.41. The second-order valence-electron chi connectivity index (χ2n) is 3.87. The van der Waals surface area contributed by atoms with Crippen molar-refractivity contribution in [3.8, 4) is 0 Å². The van der Waals surface area contributed by atoms with Gasteiger partial charge in [-0.1, -0.05) is 24.3 Å². The normalized spacial score (nSPS) is 35.4. The number of carbonyl (C=O) groups is 2. The van der Waals surface area contributed by atoms with Crippen LogP contribution in [0.5, 0.6) is 0 Å². The Balaban J connectivity index is 2.32. The molecule has 16 heavy (non-hydrogen) atoms. The van der Waals surface area contributed by atoms with Crippen LogP contribution in [0.25, 0.3) is 0 Å². The number of carbonyl (C=O) groups excluding carboxylic acids is 2. The molecule has 0 radical (unpaired) electrons. The van der Waals surface area contributed by atoms with Crippen molar-refractivity contribution in [1.29, 1.82) is 0 Å². The highest BCUT2D eigenvalue weighted by Crippen LogP contribution is 2.43. The van der Waals surface area contributed by atoms with E-state index >= 15 is 0 Å². The number of urea groups is 1. The molecular weight excluding hydrogens is 212 g/mol. The summed E-state index contributed by atoms with van der Waals surface area (Å²) in [5, 5.41) is 24.5. The van der Waals surface area contributed by atoms with Gasteiger partial charge in [-0.2, -0.15) is 0 Å². The molecule has 0 unspecified atom stereocenters. The number of amides is 2. The summed E-state index contributed by atoms with van der Waals surface area (Å²) in [4.78, 5) is 23.0. The van der Waals surface area contributed by atoms with Crippen LogP contribution in [0.2, 0.25) is 0 Å². The van der Waals surface area contributed by atoms with Gasteiger partial charge in [0.15, 0.2) is 0 Å². The van der Waals surface area contributed by atoms with Gasteiger partial charge >= 0.3 is 6.03 Å². The third-order valence-corrected chi connectivity index (χ3v) is 3.00. The Morgan fingerprint density at radius 1 is 1.00 bits per heavy atom. The van der Waals surface area contributed by atoms with Crippen molar-refractivity contribution in [3.05, 3.63) is 35.4 Å². The molecule has 2 atom stereocenters. The fourth-order valence-corrected chi connectivity index (χ4v) is 2.22. The van der Waals surface area contributed by atoms with E-state index in [9.17, 15) is 19.8 Å². The zero-order valence-corrected chi connectivity index (χ0v) is 8.02. The monoisotopic (exact) mass is 220 g/mol. The van der Waals surface area contributed by atoms with E-state index in [0.717, 1.165) is 0 Å².